The molecule has 0 aliphatic heterocycles. The topological polar surface area (TPSA) is 110 Å². The number of amides is 1. The van der Waals surface area contributed by atoms with E-state index in [2.05, 4.69) is 26.0 Å². The lowest BCUT2D eigenvalue weighted by molar-refractivity contribution is 0.102. The molecule has 9 nitrogen and oxygen atoms in total. The lowest BCUT2D eigenvalue weighted by atomic mass is 10.0. The van der Waals surface area contributed by atoms with E-state index in [1.54, 1.807) is 37.7 Å². The summed E-state index contributed by atoms with van der Waals surface area (Å²) < 4.78 is 6.41. The van der Waals surface area contributed by atoms with E-state index in [0.29, 0.717) is 29.4 Å². The highest BCUT2D eigenvalue weighted by Gasteiger charge is 2.13. The normalized spacial score (nSPS) is 10.7. The molecule has 0 fully saturated rings. The Hall–Kier alpha value is -4.21. The number of halogens is 1. The molecule has 196 valence electrons. The number of hydrogen-bond donors (Lipinski definition) is 3. The average molecular weight is 533 g/mol. The third-order valence-electron chi connectivity index (χ3n) is 6.12. The summed E-state index contributed by atoms with van der Waals surface area (Å²) in [5.41, 5.74) is 4.82. The molecule has 0 radical (unpaired) electrons. The standard InChI is InChI=1S/C28H29ClN6O3/c1-18-22(17-35-28(37)26(29)24(16-33-35)31-14-13-30-2)5-4-6-23(18)34-27(36)20-9-7-19(8-10-20)21-11-12-25(38-3)32-15-21/h4-12,15-16,30-31H,13-14,17H2,1-3H3,(H,34,36). The van der Waals surface area contributed by atoms with E-state index >= 15 is 0 Å². The number of likely N-dealkylation sites (N-methyl/N-ethyl adjacent to an activating group) is 1. The number of aromatic nitrogens is 3. The van der Waals surface area contributed by atoms with E-state index in [-0.39, 0.29) is 23.0 Å². The summed E-state index contributed by atoms with van der Waals surface area (Å²) in [7, 11) is 3.41. The highest BCUT2D eigenvalue weighted by molar-refractivity contribution is 6.32. The van der Waals surface area contributed by atoms with Crippen molar-refractivity contribution in [2.24, 2.45) is 0 Å². The van der Waals surface area contributed by atoms with Gasteiger partial charge in [-0.25, -0.2) is 9.67 Å². The lowest BCUT2D eigenvalue weighted by Gasteiger charge is -2.14. The smallest absolute Gasteiger partial charge is 0.287 e. The summed E-state index contributed by atoms with van der Waals surface area (Å²) in [6.07, 6.45) is 3.27. The Morgan fingerprint density at radius 3 is 2.45 bits per heavy atom. The Morgan fingerprint density at radius 1 is 1.00 bits per heavy atom. The number of benzene rings is 2. The fourth-order valence-electron chi connectivity index (χ4n) is 3.85. The highest BCUT2D eigenvalue weighted by atomic mass is 35.5. The van der Waals surface area contributed by atoms with E-state index in [0.717, 1.165) is 28.8 Å². The van der Waals surface area contributed by atoms with Crippen molar-refractivity contribution in [2.75, 3.05) is 37.9 Å². The molecule has 3 N–H and O–H groups in total. The lowest BCUT2D eigenvalue weighted by Crippen LogP contribution is -2.26. The van der Waals surface area contributed by atoms with E-state index < -0.39 is 0 Å². The van der Waals surface area contributed by atoms with E-state index in [4.69, 9.17) is 16.3 Å². The fraction of sp³-hybridized carbons (Fsp3) is 0.214. The van der Waals surface area contributed by atoms with Gasteiger partial charge in [-0.1, -0.05) is 35.9 Å². The quantitative estimate of drug-likeness (QED) is 0.262. The van der Waals surface area contributed by atoms with Crippen molar-refractivity contribution in [3.05, 3.63) is 99.1 Å². The van der Waals surface area contributed by atoms with Crippen LogP contribution in [0.2, 0.25) is 5.02 Å². The molecule has 38 heavy (non-hydrogen) atoms. The van der Waals surface area contributed by atoms with Gasteiger partial charge in [0.2, 0.25) is 5.88 Å². The van der Waals surface area contributed by atoms with Crippen LogP contribution in [0, 0.1) is 6.92 Å². The van der Waals surface area contributed by atoms with Gasteiger partial charge in [0.1, 0.15) is 5.02 Å². The minimum Gasteiger partial charge on any atom is -0.481 e. The van der Waals surface area contributed by atoms with Gasteiger partial charge in [0.25, 0.3) is 11.5 Å². The maximum absolute atomic E-state index is 13.0. The molecular formula is C28H29ClN6O3. The van der Waals surface area contributed by atoms with Gasteiger partial charge in [0.15, 0.2) is 0 Å². The largest absolute Gasteiger partial charge is 0.481 e. The van der Waals surface area contributed by atoms with Crippen LogP contribution in [0.15, 0.2) is 71.8 Å². The number of ether oxygens (including phenoxy) is 1. The first-order valence-electron chi connectivity index (χ1n) is 12.1. The molecule has 0 saturated carbocycles. The number of nitrogens with one attached hydrogen (secondary N) is 3. The fourth-order valence-corrected chi connectivity index (χ4v) is 4.07. The SMILES string of the molecule is CNCCNc1cnn(Cc2cccc(NC(=O)c3ccc(-c4ccc(OC)nc4)cc3)c2C)c(=O)c1Cl. The van der Waals surface area contributed by atoms with E-state index in [1.165, 1.54) is 4.68 Å². The van der Waals surface area contributed by atoms with Crippen molar-refractivity contribution in [3.63, 3.8) is 0 Å². The third kappa shape index (κ3) is 6.19. The van der Waals surface area contributed by atoms with Crippen LogP contribution in [0.4, 0.5) is 11.4 Å². The zero-order valence-corrected chi connectivity index (χ0v) is 22.2. The molecule has 0 aliphatic carbocycles. The van der Waals surface area contributed by atoms with Crippen molar-refractivity contribution < 1.29 is 9.53 Å². The van der Waals surface area contributed by atoms with Gasteiger partial charge >= 0.3 is 0 Å². The molecule has 2 aromatic carbocycles. The molecule has 0 bridgehead atoms. The summed E-state index contributed by atoms with van der Waals surface area (Å²) in [6.45, 7) is 3.45. The molecule has 2 heterocycles. The Kier molecular flexibility index (Phi) is 8.73. The molecule has 0 atom stereocenters. The molecular weight excluding hydrogens is 504 g/mol. The van der Waals surface area contributed by atoms with Gasteiger partial charge in [-0.05, 0) is 54.9 Å². The van der Waals surface area contributed by atoms with E-state index in [1.807, 2.05) is 50.4 Å². The molecule has 2 aromatic heterocycles. The van der Waals surface area contributed by atoms with Gasteiger partial charge in [0, 0.05) is 42.2 Å². The van der Waals surface area contributed by atoms with Crippen molar-refractivity contribution >= 4 is 28.9 Å². The predicted molar refractivity (Wildman–Crippen MR) is 150 cm³/mol. The van der Waals surface area contributed by atoms with Crippen molar-refractivity contribution in [2.45, 2.75) is 13.5 Å². The molecule has 0 aliphatic rings. The van der Waals surface area contributed by atoms with Crippen molar-refractivity contribution in [1.82, 2.24) is 20.1 Å². The molecule has 0 spiro atoms. The first-order valence-corrected chi connectivity index (χ1v) is 12.4. The minimum atomic E-state index is -0.387. The number of rotatable bonds is 10. The molecule has 4 aromatic rings. The summed E-state index contributed by atoms with van der Waals surface area (Å²) in [5, 5.41) is 13.4. The Labute approximate surface area is 225 Å². The minimum absolute atomic E-state index is 0.0899. The number of methoxy groups -OCH3 is 1. The summed E-state index contributed by atoms with van der Waals surface area (Å²) in [4.78, 5) is 30.0. The molecule has 4 rings (SSSR count). The van der Waals surface area contributed by atoms with Crippen molar-refractivity contribution in [3.8, 4) is 17.0 Å². The molecule has 10 heteroatoms. The van der Waals surface area contributed by atoms with Gasteiger partial charge in [0.05, 0.1) is 25.5 Å². The maximum atomic E-state index is 13.0. The van der Waals surface area contributed by atoms with Crippen LogP contribution < -0.4 is 26.2 Å². The van der Waals surface area contributed by atoms with Crippen LogP contribution >= 0.6 is 11.6 Å². The monoisotopic (exact) mass is 532 g/mol. The van der Waals surface area contributed by atoms with Crippen molar-refractivity contribution in [1.29, 1.82) is 0 Å². The van der Waals surface area contributed by atoms with Crippen LogP contribution in [0.5, 0.6) is 5.88 Å². The average Bonchev–Trinajstić information content (AvgIpc) is 2.94. The number of nitrogens with zero attached hydrogens (tertiary/aromatic N) is 3. The first-order chi connectivity index (χ1) is 18.4. The van der Waals surface area contributed by atoms with Crippen LogP contribution in [-0.4, -0.2) is 47.9 Å². The van der Waals surface area contributed by atoms with Crippen LogP contribution in [-0.2, 0) is 6.54 Å². The van der Waals surface area contributed by atoms with Gasteiger partial charge < -0.3 is 20.7 Å². The van der Waals surface area contributed by atoms with Crippen LogP contribution in [0.1, 0.15) is 21.5 Å². The molecule has 0 saturated heterocycles. The molecule has 1 amide bonds. The number of carbonyl (C=O) groups excluding carboxylic acids is 1. The second-order valence-corrected chi connectivity index (χ2v) is 8.95. The van der Waals surface area contributed by atoms with Crippen LogP contribution in [0.25, 0.3) is 11.1 Å². The second kappa shape index (κ2) is 12.4. The zero-order valence-electron chi connectivity index (χ0n) is 21.4. The van der Waals surface area contributed by atoms with Crippen LogP contribution in [0.3, 0.4) is 0 Å². The number of pyridine rings is 1. The maximum Gasteiger partial charge on any atom is 0.287 e. The summed E-state index contributed by atoms with van der Waals surface area (Å²) in [5.74, 6) is 0.306. The second-order valence-electron chi connectivity index (χ2n) is 8.58. The molecule has 0 unspecified atom stereocenters. The zero-order chi connectivity index (χ0) is 27.1. The summed E-state index contributed by atoms with van der Waals surface area (Å²) >= 11 is 6.29. The predicted octanol–water partition coefficient (Wildman–Crippen LogP) is 4.21. The number of carbonyl (C=O) groups is 1. The Morgan fingerprint density at radius 2 is 1.76 bits per heavy atom. The Balaban J connectivity index is 1.47. The van der Waals surface area contributed by atoms with E-state index in [9.17, 15) is 9.59 Å². The number of hydrogen-bond acceptors (Lipinski definition) is 7. The van der Waals surface area contributed by atoms with Gasteiger partial charge in [-0.2, -0.15) is 5.10 Å². The highest BCUT2D eigenvalue weighted by Crippen LogP contribution is 2.23. The summed E-state index contributed by atoms with van der Waals surface area (Å²) in [6, 6.07) is 16.5. The van der Waals surface area contributed by atoms with Gasteiger partial charge in [-0.15, -0.1) is 0 Å². The third-order valence-corrected chi connectivity index (χ3v) is 6.48. The van der Waals surface area contributed by atoms with Gasteiger partial charge in [-0.3, -0.25) is 9.59 Å². The number of anilines is 2. The first kappa shape index (κ1) is 26.8. The Bertz CT molecular complexity index is 1470.